The molecule has 4 aliphatic heterocycles. The van der Waals surface area contributed by atoms with Crippen molar-refractivity contribution in [3.63, 3.8) is 0 Å². The zero-order chi connectivity index (χ0) is 83.7. The van der Waals surface area contributed by atoms with Gasteiger partial charge in [-0.2, -0.15) is 0 Å². The van der Waals surface area contributed by atoms with E-state index in [1.165, 1.54) is 44.9 Å². The van der Waals surface area contributed by atoms with Gasteiger partial charge in [0, 0.05) is 31.1 Å². The van der Waals surface area contributed by atoms with Crippen molar-refractivity contribution in [2.45, 2.75) is 152 Å². The number of aromatic nitrogens is 4. The number of nitrogens with one attached hydrogen (secondary N) is 1. The number of amides is 1. The van der Waals surface area contributed by atoms with Gasteiger partial charge in [0.25, 0.3) is 0 Å². The third-order valence-electron chi connectivity index (χ3n) is 17.1. The smallest absolute Gasteiger partial charge is 0.396 e. The molecule has 0 radical (unpaired) electrons. The molecule has 2 aromatic rings. The molecule has 6 heterocycles. The molecule has 6 rings (SSSR count). The summed E-state index contributed by atoms with van der Waals surface area (Å²) in [4.78, 5) is 88.4. The summed E-state index contributed by atoms with van der Waals surface area (Å²) in [6.07, 6.45) is -18.1. The predicted molar refractivity (Wildman–Crippen MR) is 367 cm³/mol. The number of rotatable bonds is 55. The van der Waals surface area contributed by atoms with E-state index in [0.717, 1.165) is 6.92 Å². The molecule has 57 heteroatoms. The van der Waals surface area contributed by atoms with Gasteiger partial charge < -0.3 is 147 Å². The maximum absolute atomic E-state index is 13.6. The minimum Gasteiger partial charge on any atom is -0.396 e. The Balaban J connectivity index is 1.09. The lowest BCUT2D eigenvalue weighted by Gasteiger charge is -2.42. The molecule has 4 aliphatic rings. The van der Waals surface area contributed by atoms with Crippen molar-refractivity contribution in [3.05, 3.63) is 18.3 Å². The standard InChI is InChI=1S/C56H103N5O46P6/c1-32(2)108(73,74)96-20-42-38(13-43(103-42)61-26-59-44-35(5)57-25-58-52(44)61)107-113(83,84)102-28-86-19-37(14-62)18-85-27-98-112(81,82)97-24-56(21-87-29-99-109(75,76)93-10-7-90-53-33(3)46(67)48(69)39(15-63)104-53,22-88-30-100-110(77,78)94-11-8-91-54-34(4)47(68)49(70)40(16-64)105-54)23-89-31-101-111(79,80)95-12-9-92-55-45(60-36(6)66)51(72)50(71)41(17-65)106-55/h25-26,32-34,37-43,45-51,53-55,62-65,67-72H,7-24,27-31H2,1-6H3,(H,60,66)(H,73,74)(H,75,76)(H,77,78)(H,79,80)(H,81,82)(H,83,84)/t33?,34?,37?,38?,39?,40?,41?,42-,43-,45?,46-,47-,48+,49+,50+,51-,53-,54-,55-,56?/m1/s1. The Morgan fingerprint density at radius 3 is 1.40 bits per heavy atom. The summed E-state index contributed by atoms with van der Waals surface area (Å²) in [6, 6.07) is -1.41. The van der Waals surface area contributed by atoms with E-state index in [4.69, 9.17) is 107 Å². The van der Waals surface area contributed by atoms with Gasteiger partial charge in [-0.3, -0.25) is 59.2 Å². The number of hydrogen-bond donors (Lipinski definition) is 17. The minimum atomic E-state index is -5.44. The van der Waals surface area contributed by atoms with E-state index in [2.05, 4.69) is 20.3 Å². The Hall–Kier alpha value is -2.16. The largest absolute Gasteiger partial charge is 0.474 e. The number of aliphatic hydroxyl groups excluding tert-OH is 10. The lowest BCUT2D eigenvalue weighted by Crippen LogP contribution is -2.64. The summed E-state index contributed by atoms with van der Waals surface area (Å²) in [5.74, 6) is -3.45. The van der Waals surface area contributed by atoms with Crippen LogP contribution in [0.25, 0.3) is 11.2 Å². The predicted octanol–water partition coefficient (Wildman–Crippen LogP) is -3.32. The van der Waals surface area contributed by atoms with Gasteiger partial charge in [-0.15, -0.1) is 0 Å². The van der Waals surface area contributed by atoms with E-state index < -0.39 is 326 Å². The van der Waals surface area contributed by atoms with Crippen LogP contribution in [0.4, 0.5) is 0 Å². The van der Waals surface area contributed by atoms with Crippen LogP contribution in [0.15, 0.2) is 12.7 Å². The lowest BCUT2D eigenvalue weighted by atomic mass is 9.92. The lowest BCUT2D eigenvalue weighted by molar-refractivity contribution is -0.283. The Morgan fingerprint density at radius 2 is 0.956 bits per heavy atom. The van der Waals surface area contributed by atoms with Gasteiger partial charge in [-0.25, -0.2) is 37.8 Å². The number of carbonyl (C=O) groups is 1. The van der Waals surface area contributed by atoms with Gasteiger partial charge in [0.15, 0.2) is 58.5 Å². The average molecular weight is 1770 g/mol. The van der Waals surface area contributed by atoms with Crippen LogP contribution in [0.2, 0.25) is 0 Å². The van der Waals surface area contributed by atoms with Crippen molar-refractivity contribution in [1.82, 2.24) is 24.8 Å². The summed E-state index contributed by atoms with van der Waals surface area (Å²) in [5.41, 5.74) is -1.72. The van der Waals surface area contributed by atoms with Crippen LogP contribution in [0.1, 0.15) is 53.0 Å². The average Bonchev–Trinajstić information content (AvgIpc) is 1.61. The van der Waals surface area contributed by atoms with Crippen molar-refractivity contribution in [3.8, 4) is 0 Å². The molecular weight excluding hydrogens is 1660 g/mol. The number of aliphatic hydroxyl groups is 10. The Labute approximate surface area is 645 Å². The van der Waals surface area contributed by atoms with Gasteiger partial charge in [-0.1, -0.05) is 27.7 Å². The van der Waals surface area contributed by atoms with Crippen LogP contribution < -0.4 is 5.32 Å². The third-order valence-corrected chi connectivity index (χ3v) is 23.6. The molecule has 1 amide bonds. The molecule has 0 bridgehead atoms. The Kier molecular flexibility index (Phi) is 41.2. The third kappa shape index (κ3) is 32.0. The molecule has 0 saturated carbocycles. The van der Waals surface area contributed by atoms with Crippen LogP contribution in [-0.2, 0) is 139 Å². The monoisotopic (exact) mass is 1770 g/mol. The molecule has 25 atom stereocenters. The number of carbonyl (C=O) groups excluding carboxylic acids is 1. The number of phosphoric ester groups is 5. The van der Waals surface area contributed by atoms with Crippen molar-refractivity contribution < 1.29 is 219 Å². The van der Waals surface area contributed by atoms with E-state index in [1.54, 1.807) is 6.92 Å². The maximum atomic E-state index is 13.6. The first-order valence-corrected chi connectivity index (χ1v) is 43.6. The summed E-state index contributed by atoms with van der Waals surface area (Å²) in [6.45, 7) is -9.74. The zero-order valence-corrected chi connectivity index (χ0v) is 67.2. The quantitative estimate of drug-likeness (QED) is 0.0175. The first-order chi connectivity index (χ1) is 53.1. The van der Waals surface area contributed by atoms with Crippen LogP contribution in [-0.4, -0.2) is 350 Å². The summed E-state index contributed by atoms with van der Waals surface area (Å²) < 4.78 is 202. The molecule has 0 aliphatic carbocycles. The molecule has 658 valence electrons. The molecule has 0 spiro atoms. The second kappa shape index (κ2) is 46.7. The van der Waals surface area contributed by atoms with Crippen molar-refractivity contribution in [2.24, 2.45) is 23.2 Å². The van der Waals surface area contributed by atoms with E-state index in [9.17, 15) is 113 Å². The fourth-order valence-electron chi connectivity index (χ4n) is 10.7. The van der Waals surface area contributed by atoms with Gasteiger partial charge >= 0.3 is 46.7 Å². The van der Waals surface area contributed by atoms with Gasteiger partial charge in [0.05, 0.1) is 148 Å². The zero-order valence-electron chi connectivity index (χ0n) is 61.8. The normalized spacial score (nSPS) is 31.2. The second-order valence-electron chi connectivity index (χ2n) is 26.1. The van der Waals surface area contributed by atoms with Crippen molar-refractivity contribution in [1.29, 1.82) is 0 Å². The number of ether oxygens (including phenoxy) is 12. The van der Waals surface area contributed by atoms with Gasteiger partial charge in [0.1, 0.15) is 79.0 Å². The van der Waals surface area contributed by atoms with Crippen LogP contribution in [0.5, 0.6) is 0 Å². The maximum Gasteiger partial charge on any atom is 0.474 e. The fraction of sp³-hybridized carbons (Fsp3) is 0.893. The first-order valence-electron chi connectivity index (χ1n) is 34.5. The molecule has 17 N–H and O–H groups in total. The number of nitrogens with zero attached hydrogens (tertiary/aromatic N) is 4. The summed E-state index contributed by atoms with van der Waals surface area (Å²) in [7, 11) is -30.2. The van der Waals surface area contributed by atoms with Crippen LogP contribution >= 0.6 is 46.7 Å². The van der Waals surface area contributed by atoms with Gasteiger partial charge in [0.2, 0.25) is 5.91 Å². The van der Waals surface area contributed by atoms with E-state index >= 15 is 0 Å². The highest BCUT2D eigenvalue weighted by molar-refractivity contribution is 7.53. The number of fused-ring (bicyclic) bond motifs is 1. The van der Waals surface area contributed by atoms with E-state index in [-0.39, 0.29) is 6.42 Å². The number of imidazole rings is 1. The molecular formula is C56H103N5O46P6. The molecule has 4 fully saturated rings. The minimum absolute atomic E-state index is 0.152. The molecule has 14 unspecified atom stereocenters. The number of phosphoric acid groups is 5. The Bertz CT molecular complexity index is 3400. The Morgan fingerprint density at radius 1 is 0.531 bits per heavy atom. The molecule has 113 heavy (non-hydrogen) atoms. The fourth-order valence-corrected chi connectivity index (χ4v) is 14.7. The summed E-state index contributed by atoms with van der Waals surface area (Å²) >= 11 is 0. The highest BCUT2D eigenvalue weighted by atomic mass is 31.2. The van der Waals surface area contributed by atoms with Crippen LogP contribution in [0, 0.1) is 30.1 Å². The topological polar surface area (TPSA) is 711 Å². The molecule has 2 aromatic heterocycles. The molecule has 4 saturated heterocycles. The summed E-state index contributed by atoms with van der Waals surface area (Å²) in [5, 5.41) is 103. The van der Waals surface area contributed by atoms with E-state index in [1.807, 2.05) is 0 Å². The van der Waals surface area contributed by atoms with Crippen molar-refractivity contribution >= 4 is 63.8 Å². The molecule has 0 aromatic carbocycles. The van der Waals surface area contributed by atoms with Crippen molar-refractivity contribution in [2.75, 3.05) is 146 Å². The number of aryl methyl sites for hydroxylation is 1. The highest BCUT2D eigenvalue weighted by Gasteiger charge is 2.49. The first kappa shape index (κ1) is 99.7. The SMILES string of the molecule is CC(=O)NC1[C@H](OCCOP(=O)(O)OCOCC(COCOP(=O)(O)OCCO[C@@H]2OC(CO)[C@H](O)[C@H](O)C2C)(COCOP(=O)(O)OCCO[C@@H]2OC(CO)[C@H](O)[C@H](O)C2C)COP(=O)(O)OCOCC(CO)COCOP(=O)(O)OC2C[C@H](n3cnc4c(C)ncnc43)O[C@@H]2COP(=O)(O)C(C)C)OC(CO)[C@H](O)[C@@H]1O. The van der Waals surface area contributed by atoms with E-state index in [0.29, 0.717) is 16.9 Å². The second-order valence-corrected chi connectivity index (χ2v) is 35.7. The van der Waals surface area contributed by atoms with Gasteiger partial charge in [-0.05, 0) is 6.92 Å². The molecule has 51 nitrogen and oxygen atoms in total. The number of hydrogen-bond acceptors (Lipinski definition) is 43. The highest BCUT2D eigenvalue weighted by Crippen LogP contribution is 2.52. The van der Waals surface area contributed by atoms with Crippen LogP contribution in [0.3, 0.4) is 0 Å².